The number of nitrogens with zero attached hydrogens (tertiary/aromatic N) is 1. The minimum atomic E-state index is -0.243. The van der Waals surface area contributed by atoms with Crippen molar-refractivity contribution >= 4 is 11.9 Å². The molecule has 1 atom stereocenters. The molecule has 1 saturated heterocycles. The fraction of sp³-hybridized carbons (Fsp3) is 0.867. The van der Waals surface area contributed by atoms with Crippen molar-refractivity contribution in [2.45, 2.75) is 58.8 Å². The van der Waals surface area contributed by atoms with Gasteiger partial charge in [-0.3, -0.25) is 9.59 Å². The topological polar surface area (TPSA) is 46.6 Å². The van der Waals surface area contributed by atoms with Crippen molar-refractivity contribution in [3.05, 3.63) is 0 Å². The van der Waals surface area contributed by atoms with Gasteiger partial charge in [-0.2, -0.15) is 0 Å². The van der Waals surface area contributed by atoms with Crippen LogP contribution in [0, 0.1) is 5.92 Å². The minimum absolute atomic E-state index is 0.103. The average Bonchev–Trinajstić information content (AvgIpc) is 2.76. The largest absolute Gasteiger partial charge is 0.466 e. The Labute approximate surface area is 116 Å². The van der Waals surface area contributed by atoms with Gasteiger partial charge in [-0.1, -0.05) is 39.0 Å². The standard InChI is InChI=1S/C15H27NO3/c1-3-5-6-7-8-9-10-16-12-13(11-14(16)17)15(18)19-4-2/h13H,3-12H2,1-2H3. The number of esters is 1. The predicted molar refractivity (Wildman–Crippen MR) is 74.7 cm³/mol. The molecular weight excluding hydrogens is 242 g/mol. The lowest BCUT2D eigenvalue weighted by Gasteiger charge is -2.16. The summed E-state index contributed by atoms with van der Waals surface area (Å²) < 4.78 is 4.97. The second-order valence-electron chi connectivity index (χ2n) is 5.26. The summed E-state index contributed by atoms with van der Waals surface area (Å²) in [7, 11) is 0. The van der Waals surface area contributed by atoms with E-state index in [9.17, 15) is 9.59 Å². The number of amides is 1. The molecule has 0 aromatic carbocycles. The molecule has 1 heterocycles. The van der Waals surface area contributed by atoms with Crippen molar-refractivity contribution in [1.82, 2.24) is 4.90 Å². The van der Waals surface area contributed by atoms with Gasteiger partial charge in [0.25, 0.3) is 0 Å². The molecule has 1 unspecified atom stereocenters. The summed E-state index contributed by atoms with van der Waals surface area (Å²) in [6.07, 6.45) is 7.64. The summed E-state index contributed by atoms with van der Waals surface area (Å²) in [5.41, 5.74) is 0. The molecule has 110 valence electrons. The fourth-order valence-electron chi connectivity index (χ4n) is 2.49. The molecule has 1 amide bonds. The highest BCUT2D eigenvalue weighted by Gasteiger charge is 2.34. The number of ether oxygens (including phenoxy) is 1. The molecule has 0 radical (unpaired) electrons. The minimum Gasteiger partial charge on any atom is -0.466 e. The maximum absolute atomic E-state index is 11.8. The first kappa shape index (κ1) is 16.0. The van der Waals surface area contributed by atoms with Gasteiger partial charge in [0, 0.05) is 19.5 Å². The third kappa shape index (κ3) is 5.62. The van der Waals surface area contributed by atoms with Gasteiger partial charge >= 0.3 is 5.97 Å². The number of unbranched alkanes of at least 4 members (excludes halogenated alkanes) is 5. The lowest BCUT2D eigenvalue weighted by molar-refractivity contribution is -0.147. The van der Waals surface area contributed by atoms with Crippen molar-refractivity contribution in [1.29, 1.82) is 0 Å². The van der Waals surface area contributed by atoms with Crippen LogP contribution >= 0.6 is 0 Å². The number of likely N-dealkylation sites (tertiary alicyclic amines) is 1. The van der Waals surface area contributed by atoms with E-state index >= 15 is 0 Å². The van der Waals surface area contributed by atoms with Gasteiger partial charge in [0.05, 0.1) is 12.5 Å². The van der Waals surface area contributed by atoms with Gasteiger partial charge in [0.1, 0.15) is 0 Å². The van der Waals surface area contributed by atoms with Crippen LogP contribution in [0.15, 0.2) is 0 Å². The maximum atomic E-state index is 11.8. The van der Waals surface area contributed by atoms with Crippen LogP contribution < -0.4 is 0 Å². The van der Waals surface area contributed by atoms with Crippen molar-refractivity contribution in [2.24, 2.45) is 5.92 Å². The molecule has 0 saturated carbocycles. The predicted octanol–water partition coefficient (Wildman–Crippen LogP) is 2.76. The quantitative estimate of drug-likeness (QED) is 0.477. The van der Waals surface area contributed by atoms with E-state index in [1.807, 2.05) is 4.90 Å². The molecule has 1 aliphatic rings. The van der Waals surface area contributed by atoms with Crippen LogP contribution in [0.25, 0.3) is 0 Å². The van der Waals surface area contributed by atoms with Crippen LogP contribution in [-0.2, 0) is 14.3 Å². The Morgan fingerprint density at radius 3 is 2.58 bits per heavy atom. The highest BCUT2D eigenvalue weighted by Crippen LogP contribution is 2.20. The number of carbonyl (C=O) groups is 2. The van der Waals surface area contributed by atoms with E-state index in [0.29, 0.717) is 19.6 Å². The van der Waals surface area contributed by atoms with E-state index in [1.165, 1.54) is 32.1 Å². The number of hydrogen-bond donors (Lipinski definition) is 0. The first-order valence-corrected chi connectivity index (χ1v) is 7.63. The van der Waals surface area contributed by atoms with E-state index in [1.54, 1.807) is 6.92 Å². The molecule has 1 fully saturated rings. The second kappa shape index (κ2) is 8.94. The van der Waals surface area contributed by atoms with Crippen molar-refractivity contribution in [2.75, 3.05) is 19.7 Å². The molecule has 0 bridgehead atoms. The summed E-state index contributed by atoms with van der Waals surface area (Å²) >= 11 is 0. The van der Waals surface area contributed by atoms with Gasteiger partial charge in [-0.15, -0.1) is 0 Å². The average molecular weight is 269 g/mol. The van der Waals surface area contributed by atoms with E-state index < -0.39 is 0 Å². The second-order valence-corrected chi connectivity index (χ2v) is 5.26. The van der Waals surface area contributed by atoms with E-state index in [-0.39, 0.29) is 17.8 Å². The number of hydrogen-bond acceptors (Lipinski definition) is 3. The highest BCUT2D eigenvalue weighted by molar-refractivity contribution is 5.86. The van der Waals surface area contributed by atoms with Crippen LogP contribution in [0.4, 0.5) is 0 Å². The van der Waals surface area contributed by atoms with E-state index in [0.717, 1.165) is 13.0 Å². The zero-order chi connectivity index (χ0) is 14.1. The lowest BCUT2D eigenvalue weighted by atomic mass is 10.1. The van der Waals surface area contributed by atoms with E-state index in [2.05, 4.69) is 6.92 Å². The van der Waals surface area contributed by atoms with Crippen molar-refractivity contribution < 1.29 is 14.3 Å². The molecule has 0 aromatic rings. The molecule has 0 spiro atoms. The van der Waals surface area contributed by atoms with Crippen LogP contribution in [-0.4, -0.2) is 36.5 Å². The van der Waals surface area contributed by atoms with Crippen LogP contribution in [0.5, 0.6) is 0 Å². The number of carbonyl (C=O) groups excluding carboxylic acids is 2. The van der Waals surface area contributed by atoms with Gasteiger partial charge in [-0.25, -0.2) is 0 Å². The molecule has 1 rings (SSSR count). The molecule has 1 aliphatic heterocycles. The highest BCUT2D eigenvalue weighted by atomic mass is 16.5. The Kier molecular flexibility index (Phi) is 7.53. The van der Waals surface area contributed by atoms with Gasteiger partial charge in [0.15, 0.2) is 0 Å². The lowest BCUT2D eigenvalue weighted by Crippen LogP contribution is -2.27. The summed E-state index contributed by atoms with van der Waals surface area (Å²) in [4.78, 5) is 25.2. The summed E-state index contributed by atoms with van der Waals surface area (Å²) in [6.45, 7) is 5.73. The summed E-state index contributed by atoms with van der Waals surface area (Å²) in [5, 5.41) is 0. The summed E-state index contributed by atoms with van der Waals surface area (Å²) in [5.74, 6) is -0.361. The molecular formula is C15H27NO3. The van der Waals surface area contributed by atoms with Gasteiger partial charge in [0.2, 0.25) is 5.91 Å². The van der Waals surface area contributed by atoms with Crippen LogP contribution in [0.3, 0.4) is 0 Å². The third-order valence-corrected chi connectivity index (χ3v) is 3.62. The Morgan fingerprint density at radius 1 is 1.21 bits per heavy atom. The molecule has 0 N–H and O–H groups in total. The molecule has 4 nitrogen and oxygen atoms in total. The normalized spacial score (nSPS) is 18.9. The SMILES string of the molecule is CCCCCCCCN1CC(C(=O)OCC)CC1=O. The number of rotatable bonds is 9. The van der Waals surface area contributed by atoms with E-state index in [4.69, 9.17) is 4.74 Å². The molecule has 0 aromatic heterocycles. The monoisotopic (exact) mass is 269 g/mol. The third-order valence-electron chi connectivity index (χ3n) is 3.62. The van der Waals surface area contributed by atoms with Crippen LogP contribution in [0.2, 0.25) is 0 Å². The molecule has 0 aliphatic carbocycles. The van der Waals surface area contributed by atoms with Gasteiger partial charge in [-0.05, 0) is 13.3 Å². The Balaban J connectivity index is 2.17. The van der Waals surface area contributed by atoms with Crippen molar-refractivity contribution in [3.63, 3.8) is 0 Å². The summed E-state index contributed by atoms with van der Waals surface area (Å²) in [6, 6.07) is 0. The zero-order valence-electron chi connectivity index (χ0n) is 12.3. The Morgan fingerprint density at radius 2 is 1.89 bits per heavy atom. The van der Waals surface area contributed by atoms with Crippen molar-refractivity contribution in [3.8, 4) is 0 Å². The fourth-order valence-corrected chi connectivity index (χ4v) is 2.49. The zero-order valence-corrected chi connectivity index (χ0v) is 12.3. The Bertz CT molecular complexity index is 291. The first-order chi connectivity index (χ1) is 9.19. The first-order valence-electron chi connectivity index (χ1n) is 7.63. The molecule has 4 heteroatoms. The maximum Gasteiger partial charge on any atom is 0.311 e. The van der Waals surface area contributed by atoms with Crippen LogP contribution in [0.1, 0.15) is 58.8 Å². The smallest absolute Gasteiger partial charge is 0.311 e. The van der Waals surface area contributed by atoms with Gasteiger partial charge < -0.3 is 9.64 Å². The Hall–Kier alpha value is -1.06. The molecule has 19 heavy (non-hydrogen) atoms.